The SMILES string of the molecule is CCCCP(=O)(O)C(C)(C)O. The smallest absolute Gasteiger partial charge is 0.230 e. The largest absolute Gasteiger partial charge is 0.380 e. The molecule has 0 heterocycles. The highest BCUT2D eigenvalue weighted by Crippen LogP contribution is 2.52. The Morgan fingerprint density at radius 3 is 2.18 bits per heavy atom. The van der Waals surface area contributed by atoms with Crippen LogP contribution < -0.4 is 0 Å². The van der Waals surface area contributed by atoms with Crippen molar-refractivity contribution >= 4 is 7.37 Å². The summed E-state index contributed by atoms with van der Waals surface area (Å²) in [6.45, 7) is 4.71. The summed E-state index contributed by atoms with van der Waals surface area (Å²) in [6, 6.07) is 0. The lowest BCUT2D eigenvalue weighted by molar-refractivity contribution is 0.148. The maximum atomic E-state index is 11.3. The van der Waals surface area contributed by atoms with Crippen molar-refractivity contribution in [3.8, 4) is 0 Å². The Kier molecular flexibility index (Phi) is 3.75. The van der Waals surface area contributed by atoms with Crippen molar-refractivity contribution < 1.29 is 14.6 Å². The third kappa shape index (κ3) is 3.37. The number of rotatable bonds is 4. The molecular weight excluding hydrogens is 163 g/mol. The lowest BCUT2D eigenvalue weighted by atomic mass is 10.4. The molecule has 0 aromatic carbocycles. The lowest BCUT2D eigenvalue weighted by Crippen LogP contribution is -2.20. The molecule has 0 saturated carbocycles. The molecule has 0 amide bonds. The van der Waals surface area contributed by atoms with Crippen LogP contribution in [0.2, 0.25) is 0 Å². The first kappa shape index (κ1) is 11.2. The predicted molar refractivity (Wildman–Crippen MR) is 45.9 cm³/mol. The minimum absolute atomic E-state index is 0.215. The minimum atomic E-state index is -3.34. The van der Waals surface area contributed by atoms with Gasteiger partial charge < -0.3 is 10.00 Å². The van der Waals surface area contributed by atoms with E-state index in [2.05, 4.69) is 0 Å². The van der Waals surface area contributed by atoms with E-state index in [1.54, 1.807) is 0 Å². The van der Waals surface area contributed by atoms with Gasteiger partial charge in [0.25, 0.3) is 0 Å². The molecule has 68 valence electrons. The number of hydrogen-bond acceptors (Lipinski definition) is 2. The monoisotopic (exact) mass is 180 g/mol. The fourth-order valence-corrected chi connectivity index (χ4v) is 1.94. The summed E-state index contributed by atoms with van der Waals surface area (Å²) in [4.78, 5) is 9.29. The Labute approximate surface area is 67.9 Å². The van der Waals surface area contributed by atoms with Gasteiger partial charge in [0.05, 0.1) is 0 Å². The van der Waals surface area contributed by atoms with E-state index in [-0.39, 0.29) is 6.16 Å². The van der Waals surface area contributed by atoms with E-state index in [9.17, 15) is 14.6 Å². The van der Waals surface area contributed by atoms with Gasteiger partial charge in [0.1, 0.15) is 5.34 Å². The second-order valence-corrected chi connectivity index (χ2v) is 6.22. The molecule has 0 spiro atoms. The molecule has 1 atom stereocenters. The van der Waals surface area contributed by atoms with Crippen molar-refractivity contribution in [2.75, 3.05) is 6.16 Å². The summed E-state index contributed by atoms with van der Waals surface area (Å²) in [7, 11) is -3.34. The maximum Gasteiger partial charge on any atom is 0.230 e. The molecule has 0 radical (unpaired) electrons. The number of unbranched alkanes of at least 4 members (excludes halogenated alkanes) is 1. The zero-order valence-electron chi connectivity index (χ0n) is 7.37. The Hall–Kier alpha value is 0.150. The average Bonchev–Trinajstić information content (AvgIpc) is 1.81. The van der Waals surface area contributed by atoms with Crippen LogP contribution in [0.15, 0.2) is 0 Å². The molecule has 0 aliphatic carbocycles. The van der Waals surface area contributed by atoms with E-state index in [0.29, 0.717) is 6.42 Å². The summed E-state index contributed by atoms with van der Waals surface area (Å²) >= 11 is 0. The van der Waals surface area contributed by atoms with Crippen molar-refractivity contribution in [3.05, 3.63) is 0 Å². The van der Waals surface area contributed by atoms with Crippen LogP contribution >= 0.6 is 7.37 Å². The Bertz CT molecular complexity index is 160. The van der Waals surface area contributed by atoms with Crippen LogP contribution in [-0.4, -0.2) is 21.5 Å². The van der Waals surface area contributed by atoms with Crippen LogP contribution in [0.3, 0.4) is 0 Å². The molecule has 0 fully saturated rings. The molecule has 0 aliphatic rings. The van der Waals surface area contributed by atoms with Crippen LogP contribution in [0.5, 0.6) is 0 Å². The molecule has 0 aromatic heterocycles. The first-order chi connectivity index (χ1) is 4.81. The lowest BCUT2D eigenvalue weighted by Gasteiger charge is -2.24. The van der Waals surface area contributed by atoms with Crippen LogP contribution in [0.4, 0.5) is 0 Å². The fraction of sp³-hybridized carbons (Fsp3) is 1.00. The van der Waals surface area contributed by atoms with Gasteiger partial charge in [-0.05, 0) is 20.3 Å². The molecule has 0 bridgehead atoms. The van der Waals surface area contributed by atoms with E-state index in [1.807, 2.05) is 6.92 Å². The second-order valence-electron chi connectivity index (χ2n) is 3.27. The molecule has 0 saturated heterocycles. The highest BCUT2D eigenvalue weighted by Gasteiger charge is 2.35. The summed E-state index contributed by atoms with van der Waals surface area (Å²) in [5, 5.41) is 7.82. The van der Waals surface area contributed by atoms with Gasteiger partial charge >= 0.3 is 0 Å². The van der Waals surface area contributed by atoms with Gasteiger partial charge in [-0.1, -0.05) is 13.3 Å². The zero-order chi connectivity index (χ0) is 9.12. The molecule has 0 aliphatic heterocycles. The molecule has 3 nitrogen and oxygen atoms in total. The number of hydrogen-bond donors (Lipinski definition) is 2. The Balaban J connectivity index is 4.12. The third-order valence-electron chi connectivity index (χ3n) is 1.67. The second kappa shape index (κ2) is 3.70. The van der Waals surface area contributed by atoms with E-state index in [4.69, 9.17) is 0 Å². The molecule has 4 heteroatoms. The topological polar surface area (TPSA) is 57.5 Å². The number of aliphatic hydroxyl groups is 1. The van der Waals surface area contributed by atoms with E-state index >= 15 is 0 Å². The maximum absolute atomic E-state index is 11.3. The van der Waals surface area contributed by atoms with E-state index in [0.717, 1.165) is 6.42 Å². The van der Waals surface area contributed by atoms with Crippen molar-refractivity contribution in [1.29, 1.82) is 0 Å². The third-order valence-corrected chi connectivity index (χ3v) is 4.30. The summed E-state index contributed by atoms with van der Waals surface area (Å²) in [5.41, 5.74) is 0. The van der Waals surface area contributed by atoms with E-state index in [1.165, 1.54) is 13.8 Å². The van der Waals surface area contributed by atoms with Gasteiger partial charge in [0.15, 0.2) is 0 Å². The van der Waals surface area contributed by atoms with Crippen LogP contribution in [-0.2, 0) is 4.57 Å². The first-order valence-electron chi connectivity index (χ1n) is 3.85. The summed E-state index contributed by atoms with van der Waals surface area (Å²) < 4.78 is 11.3. The van der Waals surface area contributed by atoms with Gasteiger partial charge in [-0.25, -0.2) is 0 Å². The normalized spacial score (nSPS) is 17.9. The predicted octanol–water partition coefficient (Wildman–Crippen LogP) is 1.79. The van der Waals surface area contributed by atoms with Gasteiger partial charge in [-0.3, -0.25) is 4.57 Å². The van der Waals surface area contributed by atoms with E-state index < -0.39 is 12.7 Å². The first-order valence-corrected chi connectivity index (χ1v) is 5.70. The standard InChI is InChI=1S/C7H17O3P/c1-4-5-6-11(9,10)7(2,3)8/h8H,4-6H2,1-3H3,(H,9,10). The molecule has 0 aromatic rings. The summed E-state index contributed by atoms with van der Waals surface area (Å²) in [5.74, 6) is 0. The van der Waals surface area contributed by atoms with Crippen molar-refractivity contribution in [1.82, 2.24) is 0 Å². The Morgan fingerprint density at radius 1 is 1.45 bits per heavy atom. The van der Waals surface area contributed by atoms with Crippen molar-refractivity contribution in [2.45, 2.75) is 39.0 Å². The highest BCUT2D eigenvalue weighted by molar-refractivity contribution is 7.59. The molecular formula is C7H17O3P. The molecule has 1 unspecified atom stereocenters. The van der Waals surface area contributed by atoms with Gasteiger partial charge in [0, 0.05) is 6.16 Å². The molecule has 2 N–H and O–H groups in total. The summed E-state index contributed by atoms with van der Waals surface area (Å²) in [6.07, 6.45) is 1.78. The highest BCUT2D eigenvalue weighted by atomic mass is 31.2. The zero-order valence-corrected chi connectivity index (χ0v) is 8.27. The minimum Gasteiger partial charge on any atom is -0.380 e. The van der Waals surface area contributed by atoms with Crippen molar-refractivity contribution in [2.24, 2.45) is 0 Å². The molecule has 0 rings (SSSR count). The van der Waals surface area contributed by atoms with Gasteiger partial charge in [-0.2, -0.15) is 0 Å². The quantitative estimate of drug-likeness (QED) is 0.648. The Morgan fingerprint density at radius 2 is 1.91 bits per heavy atom. The van der Waals surface area contributed by atoms with Gasteiger partial charge in [-0.15, -0.1) is 0 Å². The van der Waals surface area contributed by atoms with Crippen LogP contribution in [0.25, 0.3) is 0 Å². The van der Waals surface area contributed by atoms with Crippen LogP contribution in [0, 0.1) is 0 Å². The van der Waals surface area contributed by atoms with Gasteiger partial charge in [0.2, 0.25) is 7.37 Å². The van der Waals surface area contributed by atoms with Crippen molar-refractivity contribution in [3.63, 3.8) is 0 Å². The average molecular weight is 180 g/mol. The fourth-order valence-electron chi connectivity index (χ4n) is 0.646. The van der Waals surface area contributed by atoms with Crippen LogP contribution in [0.1, 0.15) is 33.6 Å². The molecule has 11 heavy (non-hydrogen) atoms.